The largest absolute Gasteiger partial charge is 0.333 e. The highest BCUT2D eigenvalue weighted by atomic mass is 16.2. The lowest BCUT2D eigenvalue weighted by Crippen LogP contribution is -2.41. The molecule has 0 rings (SSSR count). The molecule has 0 aromatic rings. The monoisotopic (exact) mass is 220 g/mol. The van der Waals surface area contributed by atoms with Gasteiger partial charge in [0.1, 0.15) is 5.41 Å². The topological polar surface area (TPSA) is 44.1 Å². The molecule has 0 aliphatic carbocycles. The van der Waals surface area contributed by atoms with Crippen molar-refractivity contribution >= 4 is 5.91 Å². The van der Waals surface area contributed by atoms with Crippen LogP contribution in [0.4, 0.5) is 0 Å². The minimum atomic E-state index is -0.880. The van der Waals surface area contributed by atoms with E-state index in [-0.39, 0.29) is 12.5 Å². The number of hydrogen-bond acceptors (Lipinski definition) is 2. The van der Waals surface area contributed by atoms with Crippen LogP contribution in [0.3, 0.4) is 0 Å². The Kier molecular flexibility index (Phi) is 6.27. The lowest BCUT2D eigenvalue weighted by molar-refractivity contribution is -0.137. The van der Waals surface area contributed by atoms with Crippen molar-refractivity contribution in [1.29, 1.82) is 5.26 Å². The van der Waals surface area contributed by atoms with Crippen LogP contribution in [-0.4, -0.2) is 24.4 Å². The third kappa shape index (κ3) is 3.28. The fraction of sp³-hybridized carbons (Fsp3) is 0.692. The second kappa shape index (κ2) is 6.90. The number of nitriles is 1. The van der Waals surface area contributed by atoms with Crippen molar-refractivity contribution in [2.75, 3.05) is 13.6 Å². The number of carbonyl (C=O) groups is 1. The summed E-state index contributed by atoms with van der Waals surface area (Å²) < 4.78 is 0. The molecule has 0 atom stereocenters. The van der Waals surface area contributed by atoms with Crippen molar-refractivity contribution in [3.05, 3.63) is 0 Å². The highest BCUT2D eigenvalue weighted by Crippen LogP contribution is 2.31. The Hall–Kier alpha value is -1.48. The van der Waals surface area contributed by atoms with E-state index in [1.54, 1.807) is 7.05 Å². The number of amides is 1. The van der Waals surface area contributed by atoms with Crippen molar-refractivity contribution in [3.8, 4) is 18.4 Å². The van der Waals surface area contributed by atoms with Gasteiger partial charge in [0.2, 0.25) is 5.91 Å². The maximum absolute atomic E-state index is 12.2. The molecule has 0 unspecified atom stereocenters. The van der Waals surface area contributed by atoms with Crippen LogP contribution in [0, 0.1) is 29.1 Å². The van der Waals surface area contributed by atoms with E-state index in [1.807, 2.05) is 13.8 Å². The first-order chi connectivity index (χ1) is 7.57. The number of hydrogen-bond donors (Lipinski definition) is 0. The van der Waals surface area contributed by atoms with Crippen molar-refractivity contribution in [3.63, 3.8) is 0 Å². The van der Waals surface area contributed by atoms with Gasteiger partial charge in [0.15, 0.2) is 0 Å². The molecule has 0 saturated carbocycles. The summed E-state index contributed by atoms with van der Waals surface area (Å²) in [5.41, 5.74) is -0.880. The Bertz CT molecular complexity index is 303. The molecule has 0 radical (unpaired) electrons. The Balaban J connectivity index is 4.95. The van der Waals surface area contributed by atoms with Crippen molar-refractivity contribution in [2.45, 2.75) is 39.5 Å². The fourth-order valence-corrected chi connectivity index (χ4v) is 1.93. The van der Waals surface area contributed by atoms with Gasteiger partial charge in [-0.1, -0.05) is 32.6 Å². The molecule has 0 spiro atoms. The molecule has 0 N–H and O–H groups in total. The maximum Gasteiger partial charge on any atom is 0.243 e. The minimum Gasteiger partial charge on any atom is -0.333 e. The van der Waals surface area contributed by atoms with Gasteiger partial charge in [-0.3, -0.25) is 4.79 Å². The van der Waals surface area contributed by atoms with E-state index in [2.05, 4.69) is 12.0 Å². The molecule has 0 aromatic carbocycles. The molecule has 0 aliphatic rings. The first-order valence-corrected chi connectivity index (χ1v) is 5.68. The molecular formula is C13H20N2O. The highest BCUT2D eigenvalue weighted by Gasteiger charge is 2.38. The van der Waals surface area contributed by atoms with Gasteiger partial charge in [-0.05, 0) is 12.8 Å². The van der Waals surface area contributed by atoms with Crippen molar-refractivity contribution < 1.29 is 4.79 Å². The third-order valence-electron chi connectivity index (χ3n) is 2.65. The summed E-state index contributed by atoms with van der Waals surface area (Å²) in [5, 5.41) is 9.28. The summed E-state index contributed by atoms with van der Waals surface area (Å²) >= 11 is 0. The number of nitrogens with zero attached hydrogens (tertiary/aromatic N) is 2. The zero-order valence-electron chi connectivity index (χ0n) is 10.4. The van der Waals surface area contributed by atoms with Crippen molar-refractivity contribution in [2.24, 2.45) is 5.41 Å². The van der Waals surface area contributed by atoms with Gasteiger partial charge in [0, 0.05) is 7.05 Å². The van der Waals surface area contributed by atoms with Gasteiger partial charge in [0.05, 0.1) is 12.6 Å². The SMILES string of the molecule is C#CCN(C)C(=O)C(C#N)(CCC)CCC. The van der Waals surface area contributed by atoms with E-state index in [0.29, 0.717) is 12.8 Å². The van der Waals surface area contributed by atoms with E-state index in [9.17, 15) is 10.1 Å². The lowest BCUT2D eigenvalue weighted by Gasteiger charge is -2.28. The molecule has 0 aliphatic heterocycles. The van der Waals surface area contributed by atoms with Gasteiger partial charge in [-0.15, -0.1) is 6.42 Å². The quantitative estimate of drug-likeness (QED) is 0.644. The summed E-state index contributed by atoms with van der Waals surface area (Å²) in [4.78, 5) is 13.6. The predicted molar refractivity (Wildman–Crippen MR) is 64.3 cm³/mol. The van der Waals surface area contributed by atoms with Gasteiger partial charge in [0.25, 0.3) is 0 Å². The minimum absolute atomic E-state index is 0.142. The predicted octanol–water partition coefficient (Wildman–Crippen LogP) is 2.19. The zero-order chi connectivity index (χ0) is 12.6. The number of rotatable bonds is 6. The van der Waals surface area contributed by atoms with Crippen LogP contribution in [0.2, 0.25) is 0 Å². The Labute approximate surface area is 98.4 Å². The Morgan fingerprint density at radius 1 is 1.38 bits per heavy atom. The lowest BCUT2D eigenvalue weighted by atomic mass is 9.79. The van der Waals surface area contributed by atoms with E-state index < -0.39 is 5.41 Å². The summed E-state index contributed by atoms with van der Waals surface area (Å²) in [6.45, 7) is 4.22. The number of carbonyl (C=O) groups excluding carboxylic acids is 1. The molecule has 3 heteroatoms. The molecule has 0 fully saturated rings. The summed E-state index contributed by atoms with van der Waals surface area (Å²) in [6, 6.07) is 2.20. The smallest absolute Gasteiger partial charge is 0.243 e. The second-order valence-corrected chi connectivity index (χ2v) is 4.06. The third-order valence-corrected chi connectivity index (χ3v) is 2.65. The maximum atomic E-state index is 12.2. The van der Waals surface area contributed by atoms with Crippen LogP contribution in [-0.2, 0) is 4.79 Å². The zero-order valence-corrected chi connectivity index (χ0v) is 10.4. The van der Waals surface area contributed by atoms with Gasteiger partial charge in [-0.2, -0.15) is 5.26 Å². The van der Waals surface area contributed by atoms with Gasteiger partial charge >= 0.3 is 0 Å². The molecule has 16 heavy (non-hydrogen) atoms. The van der Waals surface area contributed by atoms with Gasteiger partial charge < -0.3 is 4.90 Å². The Morgan fingerprint density at radius 3 is 2.19 bits per heavy atom. The van der Waals surface area contributed by atoms with E-state index in [0.717, 1.165) is 12.8 Å². The van der Waals surface area contributed by atoms with Gasteiger partial charge in [-0.25, -0.2) is 0 Å². The normalized spacial score (nSPS) is 10.3. The summed E-state index contributed by atoms with van der Waals surface area (Å²) in [5.74, 6) is 2.28. The van der Waals surface area contributed by atoms with Crippen LogP contribution >= 0.6 is 0 Å². The second-order valence-electron chi connectivity index (χ2n) is 4.06. The average Bonchev–Trinajstić information content (AvgIpc) is 2.28. The molecule has 0 saturated heterocycles. The number of terminal acetylenes is 1. The molecule has 88 valence electrons. The Morgan fingerprint density at radius 2 is 1.88 bits per heavy atom. The molecule has 0 aromatic heterocycles. The first-order valence-electron chi connectivity index (χ1n) is 5.68. The summed E-state index contributed by atoms with van der Waals surface area (Å²) in [6.07, 6.45) is 8.02. The van der Waals surface area contributed by atoms with Crippen LogP contribution in [0.25, 0.3) is 0 Å². The van der Waals surface area contributed by atoms with E-state index >= 15 is 0 Å². The average molecular weight is 220 g/mol. The molecular weight excluding hydrogens is 200 g/mol. The standard InChI is InChI=1S/C13H20N2O/c1-5-8-13(11-14,9-6-2)12(16)15(4)10-7-3/h3H,5-6,8-10H2,1-2,4H3. The van der Waals surface area contributed by atoms with Crippen LogP contribution in [0.1, 0.15) is 39.5 Å². The van der Waals surface area contributed by atoms with Crippen LogP contribution in [0.5, 0.6) is 0 Å². The summed E-state index contributed by atoms with van der Waals surface area (Å²) in [7, 11) is 1.65. The van der Waals surface area contributed by atoms with Crippen LogP contribution in [0.15, 0.2) is 0 Å². The van der Waals surface area contributed by atoms with Crippen molar-refractivity contribution in [1.82, 2.24) is 4.90 Å². The highest BCUT2D eigenvalue weighted by molar-refractivity contribution is 5.85. The molecule has 0 heterocycles. The first kappa shape index (κ1) is 14.5. The van der Waals surface area contributed by atoms with Crippen LogP contribution < -0.4 is 0 Å². The molecule has 1 amide bonds. The fourth-order valence-electron chi connectivity index (χ4n) is 1.93. The molecule has 3 nitrogen and oxygen atoms in total. The molecule has 0 bridgehead atoms. The van der Waals surface area contributed by atoms with E-state index in [4.69, 9.17) is 6.42 Å². The van der Waals surface area contributed by atoms with E-state index in [1.165, 1.54) is 4.90 Å².